The van der Waals surface area contributed by atoms with Crippen molar-refractivity contribution in [1.29, 1.82) is 0 Å². The van der Waals surface area contributed by atoms with E-state index >= 15 is 0 Å². The van der Waals surface area contributed by atoms with Crippen LogP contribution in [-0.2, 0) is 11.3 Å². The van der Waals surface area contributed by atoms with Crippen molar-refractivity contribution in [3.8, 4) is 0 Å². The molecule has 1 rings (SSSR count). The van der Waals surface area contributed by atoms with E-state index in [2.05, 4.69) is 18.7 Å². The molecule has 5 heteroatoms. The van der Waals surface area contributed by atoms with Crippen molar-refractivity contribution in [3.63, 3.8) is 0 Å². The highest BCUT2D eigenvalue weighted by Crippen LogP contribution is 2.23. The fraction of sp³-hybridized carbons (Fsp3) is 0.588. The van der Waals surface area contributed by atoms with E-state index in [0.29, 0.717) is 19.0 Å². The molecule has 0 heterocycles. The Morgan fingerprint density at radius 3 is 2.64 bits per heavy atom. The number of anilines is 1. The van der Waals surface area contributed by atoms with Crippen molar-refractivity contribution in [3.05, 3.63) is 29.6 Å². The maximum absolute atomic E-state index is 13.6. The second-order valence-corrected chi connectivity index (χ2v) is 6.05. The zero-order valence-electron chi connectivity index (χ0n) is 14.0. The van der Waals surface area contributed by atoms with Gasteiger partial charge in [0.1, 0.15) is 5.82 Å². The lowest BCUT2D eigenvalue weighted by Gasteiger charge is -2.27. The van der Waals surface area contributed by atoms with Crippen molar-refractivity contribution in [2.75, 3.05) is 32.1 Å². The van der Waals surface area contributed by atoms with Crippen molar-refractivity contribution >= 4 is 11.7 Å². The van der Waals surface area contributed by atoms with Crippen molar-refractivity contribution < 1.29 is 14.3 Å². The molecule has 1 atom stereocenters. The van der Waals surface area contributed by atoms with Crippen LogP contribution in [0.3, 0.4) is 0 Å². The molecule has 0 saturated heterocycles. The van der Waals surface area contributed by atoms with Crippen LogP contribution in [0.1, 0.15) is 32.3 Å². The minimum absolute atomic E-state index is 0.0872. The van der Waals surface area contributed by atoms with E-state index in [1.165, 1.54) is 6.07 Å². The van der Waals surface area contributed by atoms with Crippen LogP contribution >= 0.6 is 0 Å². The topological polar surface area (TPSA) is 43.8 Å². The SMILES string of the molecule is CCC(C)CN(C)c1ccc(F)cc1CN(C)CCC(=O)O. The van der Waals surface area contributed by atoms with Gasteiger partial charge < -0.3 is 14.9 Å². The average molecular weight is 310 g/mol. The molecule has 0 aliphatic heterocycles. The molecule has 0 aliphatic rings. The Kier molecular flexibility index (Phi) is 7.32. The number of carboxylic acids is 1. The Balaban J connectivity index is 2.83. The number of carboxylic acid groups (broad SMARTS) is 1. The van der Waals surface area contributed by atoms with Gasteiger partial charge in [0.2, 0.25) is 0 Å². The summed E-state index contributed by atoms with van der Waals surface area (Å²) in [6.45, 7) is 6.24. The second kappa shape index (κ2) is 8.73. The lowest BCUT2D eigenvalue weighted by atomic mass is 10.1. The Morgan fingerprint density at radius 1 is 1.36 bits per heavy atom. The number of hydrogen-bond acceptors (Lipinski definition) is 3. The van der Waals surface area contributed by atoms with Gasteiger partial charge in [0, 0.05) is 32.4 Å². The van der Waals surface area contributed by atoms with E-state index in [4.69, 9.17) is 5.11 Å². The van der Waals surface area contributed by atoms with Gasteiger partial charge in [-0.05, 0) is 36.7 Å². The first-order valence-corrected chi connectivity index (χ1v) is 7.73. The largest absolute Gasteiger partial charge is 0.481 e. The number of nitrogens with zero attached hydrogens (tertiary/aromatic N) is 2. The zero-order chi connectivity index (χ0) is 16.7. The summed E-state index contributed by atoms with van der Waals surface area (Å²) in [4.78, 5) is 14.7. The predicted molar refractivity (Wildman–Crippen MR) is 87.7 cm³/mol. The van der Waals surface area contributed by atoms with Crippen LogP contribution in [-0.4, -0.2) is 43.2 Å². The highest BCUT2D eigenvalue weighted by Gasteiger charge is 2.13. The third-order valence-corrected chi connectivity index (χ3v) is 3.88. The molecule has 4 nitrogen and oxygen atoms in total. The summed E-state index contributed by atoms with van der Waals surface area (Å²) in [5.41, 5.74) is 1.89. The Bertz CT molecular complexity index is 494. The van der Waals surface area contributed by atoms with Gasteiger partial charge in [-0.1, -0.05) is 20.3 Å². The Labute approximate surface area is 132 Å². The van der Waals surface area contributed by atoms with Crippen LogP contribution < -0.4 is 4.90 Å². The molecule has 0 fully saturated rings. The van der Waals surface area contributed by atoms with Crippen molar-refractivity contribution in [2.45, 2.75) is 33.2 Å². The monoisotopic (exact) mass is 310 g/mol. The quantitative estimate of drug-likeness (QED) is 0.760. The molecule has 0 aromatic heterocycles. The molecule has 1 aromatic carbocycles. The lowest BCUT2D eigenvalue weighted by Crippen LogP contribution is -2.27. The number of hydrogen-bond donors (Lipinski definition) is 1. The molecule has 1 unspecified atom stereocenters. The molecular formula is C17H27FN2O2. The highest BCUT2D eigenvalue weighted by molar-refractivity contribution is 5.66. The standard InChI is InChI=1S/C17H27FN2O2/c1-5-13(2)11-20(4)16-7-6-15(18)10-14(16)12-19(3)9-8-17(21)22/h6-7,10,13H,5,8-9,11-12H2,1-4H3,(H,21,22). The third-order valence-electron chi connectivity index (χ3n) is 3.88. The highest BCUT2D eigenvalue weighted by atomic mass is 19.1. The first-order chi connectivity index (χ1) is 10.3. The number of halogens is 1. The zero-order valence-corrected chi connectivity index (χ0v) is 14.0. The molecule has 124 valence electrons. The van der Waals surface area contributed by atoms with Crippen LogP contribution in [0.25, 0.3) is 0 Å². The van der Waals surface area contributed by atoms with E-state index in [0.717, 1.165) is 24.2 Å². The Morgan fingerprint density at radius 2 is 2.05 bits per heavy atom. The molecule has 0 radical (unpaired) electrons. The predicted octanol–water partition coefficient (Wildman–Crippen LogP) is 3.21. The van der Waals surface area contributed by atoms with Crippen molar-refractivity contribution in [2.24, 2.45) is 5.92 Å². The van der Waals surface area contributed by atoms with E-state index in [1.807, 2.05) is 19.0 Å². The molecular weight excluding hydrogens is 283 g/mol. The normalized spacial score (nSPS) is 12.5. The van der Waals surface area contributed by atoms with Gasteiger partial charge in [-0.15, -0.1) is 0 Å². The number of rotatable bonds is 9. The van der Waals surface area contributed by atoms with Gasteiger partial charge in [-0.25, -0.2) is 4.39 Å². The van der Waals surface area contributed by atoms with Crippen LogP contribution in [0.15, 0.2) is 18.2 Å². The fourth-order valence-electron chi connectivity index (χ4n) is 2.40. The average Bonchev–Trinajstić information content (AvgIpc) is 2.44. The van der Waals surface area contributed by atoms with E-state index in [-0.39, 0.29) is 12.2 Å². The van der Waals surface area contributed by atoms with Crippen LogP contribution in [0.4, 0.5) is 10.1 Å². The molecule has 1 aromatic rings. The first kappa shape index (κ1) is 18.4. The smallest absolute Gasteiger partial charge is 0.304 e. The first-order valence-electron chi connectivity index (χ1n) is 7.73. The van der Waals surface area contributed by atoms with Gasteiger partial charge in [0.25, 0.3) is 0 Å². The van der Waals surface area contributed by atoms with Gasteiger partial charge in [-0.3, -0.25) is 4.79 Å². The van der Waals surface area contributed by atoms with Crippen LogP contribution in [0.5, 0.6) is 0 Å². The maximum Gasteiger partial charge on any atom is 0.304 e. The summed E-state index contributed by atoms with van der Waals surface area (Å²) in [5, 5.41) is 8.75. The number of benzene rings is 1. The van der Waals surface area contributed by atoms with Gasteiger partial charge in [0.05, 0.1) is 6.42 Å². The number of aliphatic carboxylic acids is 1. The minimum Gasteiger partial charge on any atom is -0.481 e. The van der Waals surface area contributed by atoms with Crippen LogP contribution in [0, 0.1) is 11.7 Å². The lowest BCUT2D eigenvalue weighted by molar-refractivity contribution is -0.137. The summed E-state index contributed by atoms with van der Waals surface area (Å²) in [6, 6.07) is 4.82. The van der Waals surface area contributed by atoms with E-state index < -0.39 is 5.97 Å². The summed E-state index contributed by atoms with van der Waals surface area (Å²) >= 11 is 0. The van der Waals surface area contributed by atoms with Gasteiger partial charge in [-0.2, -0.15) is 0 Å². The van der Waals surface area contributed by atoms with Gasteiger partial charge in [0.15, 0.2) is 0 Å². The minimum atomic E-state index is -0.819. The van der Waals surface area contributed by atoms with E-state index in [1.54, 1.807) is 12.1 Å². The summed E-state index contributed by atoms with van der Waals surface area (Å²) in [5.74, 6) is -0.518. The summed E-state index contributed by atoms with van der Waals surface area (Å²) in [7, 11) is 3.87. The molecule has 0 saturated carbocycles. The molecule has 0 amide bonds. The molecule has 0 bridgehead atoms. The molecule has 0 spiro atoms. The third kappa shape index (κ3) is 6.02. The molecule has 1 N–H and O–H groups in total. The van der Waals surface area contributed by atoms with Crippen LogP contribution in [0.2, 0.25) is 0 Å². The van der Waals surface area contributed by atoms with E-state index in [9.17, 15) is 9.18 Å². The maximum atomic E-state index is 13.6. The number of carbonyl (C=O) groups is 1. The van der Waals surface area contributed by atoms with Crippen molar-refractivity contribution in [1.82, 2.24) is 4.90 Å². The van der Waals surface area contributed by atoms with Gasteiger partial charge >= 0.3 is 5.97 Å². The molecule has 0 aliphatic carbocycles. The fourth-order valence-corrected chi connectivity index (χ4v) is 2.40. The second-order valence-electron chi connectivity index (χ2n) is 6.05. The Hall–Kier alpha value is -1.62. The summed E-state index contributed by atoms with van der Waals surface area (Å²) < 4.78 is 13.6. The summed E-state index contributed by atoms with van der Waals surface area (Å²) in [6.07, 6.45) is 1.18. The molecule has 22 heavy (non-hydrogen) atoms.